The Hall–Kier alpha value is -2.59. The summed E-state index contributed by atoms with van der Waals surface area (Å²) in [5, 5.41) is 29.7. The van der Waals surface area contributed by atoms with Crippen LogP contribution >= 0.6 is 11.3 Å². The van der Waals surface area contributed by atoms with Gasteiger partial charge in [-0.15, -0.1) is 11.3 Å². The number of aryl methyl sites for hydroxylation is 1. The molecule has 3 rings (SSSR count). The van der Waals surface area contributed by atoms with Crippen molar-refractivity contribution in [3.8, 4) is 18.2 Å². The number of hydrogen-bond donors (Lipinski definition) is 1. The molecule has 2 aliphatic rings. The van der Waals surface area contributed by atoms with Crippen LogP contribution in [0.1, 0.15) is 29.0 Å². The van der Waals surface area contributed by atoms with Crippen LogP contribution in [0.3, 0.4) is 0 Å². The minimum Gasteiger partial charge on any atom is -0.399 e. The van der Waals surface area contributed by atoms with Gasteiger partial charge < -0.3 is 5.73 Å². The monoisotopic (exact) mass is 363 g/mol. The molecule has 5 nitrogen and oxygen atoms in total. The zero-order chi connectivity index (χ0) is 18.9. The van der Waals surface area contributed by atoms with Gasteiger partial charge in [-0.05, 0) is 37.6 Å². The van der Waals surface area contributed by atoms with E-state index in [0.29, 0.717) is 5.57 Å². The highest BCUT2D eigenvalue weighted by atomic mass is 32.1. The number of nitriles is 3. The van der Waals surface area contributed by atoms with E-state index in [4.69, 9.17) is 5.73 Å². The van der Waals surface area contributed by atoms with Gasteiger partial charge in [0.05, 0.1) is 23.4 Å². The molecular weight excluding hydrogens is 342 g/mol. The van der Waals surface area contributed by atoms with E-state index in [2.05, 4.69) is 36.1 Å². The van der Waals surface area contributed by atoms with E-state index < -0.39 is 5.41 Å². The molecule has 26 heavy (non-hydrogen) atoms. The SMILES string of the molecule is CCCN1CC=C2C(C#N)=C(N)C(C#N)(C#N)[C@@H](c3ccc(C)s3)[C@H]2C1. The highest BCUT2D eigenvalue weighted by molar-refractivity contribution is 7.12. The Kier molecular flexibility index (Phi) is 4.88. The summed E-state index contributed by atoms with van der Waals surface area (Å²) in [5.74, 6) is -0.450. The molecule has 0 spiro atoms. The summed E-state index contributed by atoms with van der Waals surface area (Å²) in [7, 11) is 0. The van der Waals surface area contributed by atoms with E-state index >= 15 is 0 Å². The molecular formula is C20H21N5S. The van der Waals surface area contributed by atoms with Crippen molar-refractivity contribution in [3.05, 3.63) is 44.8 Å². The average molecular weight is 363 g/mol. The van der Waals surface area contributed by atoms with E-state index in [0.717, 1.165) is 41.4 Å². The van der Waals surface area contributed by atoms with Crippen molar-refractivity contribution in [3.63, 3.8) is 0 Å². The number of rotatable bonds is 3. The third-order valence-corrected chi connectivity index (χ3v) is 6.43. The van der Waals surface area contributed by atoms with E-state index in [1.54, 1.807) is 11.3 Å². The lowest BCUT2D eigenvalue weighted by atomic mass is 9.59. The molecule has 6 heteroatoms. The van der Waals surface area contributed by atoms with Gasteiger partial charge in [-0.1, -0.05) is 13.0 Å². The van der Waals surface area contributed by atoms with Gasteiger partial charge in [-0.3, -0.25) is 4.90 Å². The molecule has 1 aliphatic heterocycles. The molecule has 0 bridgehead atoms. The largest absolute Gasteiger partial charge is 0.399 e. The lowest BCUT2D eigenvalue weighted by Gasteiger charge is -2.45. The smallest absolute Gasteiger partial charge is 0.192 e. The van der Waals surface area contributed by atoms with Gasteiger partial charge in [0.15, 0.2) is 5.41 Å². The lowest BCUT2D eigenvalue weighted by Crippen LogP contribution is -2.47. The second-order valence-corrected chi connectivity index (χ2v) is 8.20. The van der Waals surface area contributed by atoms with E-state index in [9.17, 15) is 15.8 Å². The van der Waals surface area contributed by atoms with E-state index in [-0.39, 0.29) is 17.5 Å². The first-order valence-corrected chi connectivity index (χ1v) is 9.56. The van der Waals surface area contributed by atoms with Crippen molar-refractivity contribution in [1.29, 1.82) is 15.8 Å². The molecule has 1 aliphatic carbocycles. The van der Waals surface area contributed by atoms with Crippen LogP contribution in [-0.4, -0.2) is 24.5 Å². The summed E-state index contributed by atoms with van der Waals surface area (Å²) < 4.78 is 0. The van der Waals surface area contributed by atoms with Crippen LogP contribution in [0.5, 0.6) is 0 Å². The number of hydrogen-bond acceptors (Lipinski definition) is 6. The fourth-order valence-corrected chi connectivity index (χ4v) is 5.28. The van der Waals surface area contributed by atoms with Crippen LogP contribution in [0, 0.1) is 52.2 Å². The second-order valence-electron chi connectivity index (χ2n) is 6.88. The summed E-state index contributed by atoms with van der Waals surface area (Å²) in [6, 6.07) is 10.5. The van der Waals surface area contributed by atoms with Crippen LogP contribution in [0.25, 0.3) is 0 Å². The third-order valence-electron chi connectivity index (χ3n) is 5.35. The fourth-order valence-electron chi connectivity index (χ4n) is 4.16. The Labute approximate surface area is 158 Å². The normalized spacial score (nSPS) is 24.8. The summed E-state index contributed by atoms with van der Waals surface area (Å²) in [6.07, 6.45) is 3.09. The Bertz CT molecular complexity index is 888. The molecule has 1 aromatic heterocycles. The van der Waals surface area contributed by atoms with Crippen LogP contribution < -0.4 is 5.73 Å². The van der Waals surface area contributed by atoms with Crippen molar-refractivity contribution >= 4 is 11.3 Å². The lowest BCUT2D eigenvalue weighted by molar-refractivity contribution is 0.209. The molecule has 2 heterocycles. The fraction of sp³-hybridized carbons (Fsp3) is 0.450. The molecule has 0 saturated carbocycles. The zero-order valence-electron chi connectivity index (χ0n) is 15.0. The summed E-state index contributed by atoms with van der Waals surface area (Å²) in [4.78, 5) is 4.43. The molecule has 0 saturated heterocycles. The highest BCUT2D eigenvalue weighted by Gasteiger charge is 2.54. The molecule has 2 atom stereocenters. The van der Waals surface area contributed by atoms with Crippen LogP contribution in [0.4, 0.5) is 0 Å². The predicted molar refractivity (Wildman–Crippen MR) is 101 cm³/mol. The minimum atomic E-state index is -1.51. The zero-order valence-corrected chi connectivity index (χ0v) is 15.8. The Morgan fingerprint density at radius 3 is 2.58 bits per heavy atom. The topological polar surface area (TPSA) is 101 Å². The molecule has 0 amide bonds. The van der Waals surface area contributed by atoms with Gasteiger partial charge in [0.1, 0.15) is 6.07 Å². The summed E-state index contributed by atoms with van der Waals surface area (Å²) >= 11 is 1.60. The molecule has 0 aromatic carbocycles. The van der Waals surface area contributed by atoms with Gasteiger partial charge >= 0.3 is 0 Å². The number of nitrogens with two attached hydrogens (primary N) is 1. The van der Waals surface area contributed by atoms with Crippen molar-refractivity contribution in [2.45, 2.75) is 26.2 Å². The van der Waals surface area contributed by atoms with Crippen molar-refractivity contribution < 1.29 is 0 Å². The van der Waals surface area contributed by atoms with Crippen molar-refractivity contribution in [1.82, 2.24) is 4.90 Å². The number of fused-ring (bicyclic) bond motifs is 1. The Morgan fingerprint density at radius 2 is 2.04 bits per heavy atom. The second kappa shape index (κ2) is 6.96. The van der Waals surface area contributed by atoms with Crippen molar-refractivity contribution in [2.75, 3.05) is 19.6 Å². The predicted octanol–water partition coefficient (Wildman–Crippen LogP) is 3.19. The summed E-state index contributed by atoms with van der Waals surface area (Å²) in [6.45, 7) is 6.58. The minimum absolute atomic E-state index is 0.0883. The van der Waals surface area contributed by atoms with Gasteiger partial charge in [-0.25, -0.2) is 0 Å². The average Bonchev–Trinajstić information content (AvgIpc) is 3.07. The first-order valence-electron chi connectivity index (χ1n) is 8.74. The maximum atomic E-state index is 10.00. The molecule has 0 unspecified atom stereocenters. The Morgan fingerprint density at radius 1 is 1.31 bits per heavy atom. The molecule has 132 valence electrons. The number of allylic oxidation sites excluding steroid dienone is 2. The third kappa shape index (κ3) is 2.61. The number of nitrogens with zero attached hydrogens (tertiary/aromatic N) is 4. The van der Waals surface area contributed by atoms with E-state index in [1.807, 2.05) is 19.1 Å². The van der Waals surface area contributed by atoms with Gasteiger partial charge in [0, 0.05) is 34.7 Å². The van der Waals surface area contributed by atoms with Crippen LogP contribution in [0.15, 0.2) is 35.1 Å². The highest BCUT2D eigenvalue weighted by Crippen LogP contribution is 2.55. The maximum Gasteiger partial charge on any atom is 0.192 e. The van der Waals surface area contributed by atoms with E-state index in [1.165, 1.54) is 0 Å². The van der Waals surface area contributed by atoms with Crippen molar-refractivity contribution in [2.24, 2.45) is 17.1 Å². The Balaban J connectivity index is 2.25. The standard InChI is InChI=1S/C20H21N5S/c1-3-7-25-8-6-14-15(9-21)19(24)20(11-22,12-23)18(16(14)10-25)17-5-4-13(2)26-17/h4-6,16,18H,3,7-8,10,24H2,1-2H3/t16-,18+/m0/s1. The first kappa shape index (κ1) is 18.2. The molecule has 0 radical (unpaired) electrons. The molecule has 2 N–H and O–H groups in total. The summed E-state index contributed by atoms with van der Waals surface area (Å²) in [5.41, 5.74) is 6.09. The number of thiophene rings is 1. The van der Waals surface area contributed by atoms with Gasteiger partial charge in [0.25, 0.3) is 0 Å². The molecule has 1 aromatic rings. The van der Waals surface area contributed by atoms with Crippen LogP contribution in [0.2, 0.25) is 0 Å². The van der Waals surface area contributed by atoms with Crippen LogP contribution in [-0.2, 0) is 0 Å². The van der Waals surface area contributed by atoms with Gasteiger partial charge in [-0.2, -0.15) is 15.8 Å². The molecule has 0 fully saturated rings. The first-order chi connectivity index (χ1) is 12.5. The quantitative estimate of drug-likeness (QED) is 0.889. The van der Waals surface area contributed by atoms with Gasteiger partial charge in [0.2, 0.25) is 0 Å². The maximum absolute atomic E-state index is 10.00.